The Morgan fingerprint density at radius 1 is 1.47 bits per heavy atom. The van der Waals surface area contributed by atoms with Crippen molar-refractivity contribution in [2.45, 2.75) is 32.6 Å². The van der Waals surface area contributed by atoms with E-state index < -0.39 is 0 Å². The molecular weight excluding hydrogens is 214 g/mol. The van der Waals surface area contributed by atoms with E-state index in [1.165, 1.54) is 5.56 Å². The van der Waals surface area contributed by atoms with E-state index >= 15 is 0 Å². The number of hydrogen-bond acceptors (Lipinski definition) is 2. The maximum Gasteiger partial charge on any atom is 0.224 e. The number of carbonyl (C=O) groups is 1. The number of amides is 1. The summed E-state index contributed by atoms with van der Waals surface area (Å²) in [5.41, 5.74) is 2.31. The summed E-state index contributed by atoms with van der Waals surface area (Å²) in [5.74, 6) is 1.08. The Hall–Kier alpha value is -1.51. The molecule has 1 amide bonds. The van der Waals surface area contributed by atoms with Crippen molar-refractivity contribution in [2.75, 3.05) is 13.2 Å². The number of benzene rings is 1. The molecule has 0 unspecified atom stereocenters. The van der Waals surface area contributed by atoms with E-state index in [9.17, 15) is 4.79 Å². The summed E-state index contributed by atoms with van der Waals surface area (Å²) in [5, 5.41) is 2.89. The van der Waals surface area contributed by atoms with Crippen molar-refractivity contribution < 1.29 is 9.53 Å². The highest BCUT2D eigenvalue weighted by Crippen LogP contribution is 2.25. The highest BCUT2D eigenvalue weighted by molar-refractivity contribution is 5.78. The summed E-state index contributed by atoms with van der Waals surface area (Å²) in [6, 6.07) is 6.06. The Morgan fingerprint density at radius 3 is 3.18 bits per heavy atom. The zero-order valence-electron chi connectivity index (χ0n) is 10.3. The van der Waals surface area contributed by atoms with Gasteiger partial charge >= 0.3 is 0 Å². The van der Waals surface area contributed by atoms with E-state index in [1.54, 1.807) is 0 Å². The summed E-state index contributed by atoms with van der Waals surface area (Å²) in [6.07, 6.45) is 3.56. The lowest BCUT2D eigenvalue weighted by Gasteiger charge is -2.17. The second-order valence-electron chi connectivity index (χ2n) is 4.42. The normalized spacial score (nSPS) is 13.7. The van der Waals surface area contributed by atoms with Gasteiger partial charge in [0.2, 0.25) is 5.91 Å². The molecule has 1 aromatic carbocycles. The van der Waals surface area contributed by atoms with Crippen LogP contribution in [-0.4, -0.2) is 19.1 Å². The predicted octanol–water partition coefficient (Wildman–Crippen LogP) is 2.08. The Labute approximate surface area is 102 Å². The maximum absolute atomic E-state index is 11.6. The van der Waals surface area contributed by atoms with Crippen LogP contribution in [0.3, 0.4) is 0 Å². The molecule has 3 heteroatoms. The molecule has 0 fully saturated rings. The average molecular weight is 233 g/mol. The first-order valence-corrected chi connectivity index (χ1v) is 6.31. The number of rotatable bonds is 4. The molecule has 0 atom stereocenters. The first-order valence-electron chi connectivity index (χ1n) is 6.31. The molecule has 1 aromatic rings. The minimum Gasteiger partial charge on any atom is -0.493 e. The molecule has 0 saturated heterocycles. The fourth-order valence-corrected chi connectivity index (χ4v) is 2.04. The van der Waals surface area contributed by atoms with Crippen LogP contribution in [0.4, 0.5) is 0 Å². The lowest BCUT2D eigenvalue weighted by Crippen LogP contribution is -2.25. The van der Waals surface area contributed by atoms with Gasteiger partial charge in [0.05, 0.1) is 13.0 Å². The Morgan fingerprint density at radius 2 is 2.35 bits per heavy atom. The van der Waals surface area contributed by atoms with Crippen molar-refractivity contribution in [2.24, 2.45) is 0 Å². The zero-order chi connectivity index (χ0) is 12.1. The van der Waals surface area contributed by atoms with Gasteiger partial charge in [0, 0.05) is 6.54 Å². The van der Waals surface area contributed by atoms with Crippen LogP contribution in [0.5, 0.6) is 5.75 Å². The van der Waals surface area contributed by atoms with E-state index in [2.05, 4.69) is 18.3 Å². The van der Waals surface area contributed by atoms with Gasteiger partial charge < -0.3 is 10.1 Å². The number of fused-ring (bicyclic) bond motifs is 1. The number of ether oxygens (including phenoxy) is 1. The third-order valence-corrected chi connectivity index (χ3v) is 2.91. The monoisotopic (exact) mass is 233 g/mol. The van der Waals surface area contributed by atoms with Gasteiger partial charge in [-0.2, -0.15) is 0 Å². The van der Waals surface area contributed by atoms with Crippen molar-refractivity contribution in [3.05, 3.63) is 29.3 Å². The largest absolute Gasteiger partial charge is 0.493 e. The van der Waals surface area contributed by atoms with Crippen LogP contribution in [0.1, 0.15) is 30.9 Å². The van der Waals surface area contributed by atoms with Crippen LogP contribution in [0.15, 0.2) is 18.2 Å². The second-order valence-corrected chi connectivity index (χ2v) is 4.42. The highest BCUT2D eigenvalue weighted by Gasteiger charge is 2.11. The summed E-state index contributed by atoms with van der Waals surface area (Å²) in [4.78, 5) is 11.6. The van der Waals surface area contributed by atoms with Crippen LogP contribution in [0, 0.1) is 0 Å². The van der Waals surface area contributed by atoms with E-state index in [0.29, 0.717) is 6.42 Å². The number of aryl methyl sites for hydroxylation is 1. The molecule has 2 rings (SSSR count). The van der Waals surface area contributed by atoms with Crippen LogP contribution >= 0.6 is 0 Å². The molecule has 0 saturated carbocycles. The van der Waals surface area contributed by atoms with E-state index in [-0.39, 0.29) is 5.91 Å². The van der Waals surface area contributed by atoms with Crippen molar-refractivity contribution >= 4 is 5.91 Å². The van der Waals surface area contributed by atoms with Crippen molar-refractivity contribution in [1.29, 1.82) is 0 Å². The smallest absolute Gasteiger partial charge is 0.224 e. The first-order chi connectivity index (χ1) is 8.29. The highest BCUT2D eigenvalue weighted by atomic mass is 16.5. The molecule has 1 N–H and O–H groups in total. The molecule has 92 valence electrons. The maximum atomic E-state index is 11.6. The van der Waals surface area contributed by atoms with E-state index in [4.69, 9.17) is 4.74 Å². The van der Waals surface area contributed by atoms with Crippen LogP contribution in [0.25, 0.3) is 0 Å². The van der Waals surface area contributed by atoms with Crippen molar-refractivity contribution in [3.63, 3.8) is 0 Å². The molecule has 3 nitrogen and oxygen atoms in total. The number of hydrogen-bond donors (Lipinski definition) is 1. The van der Waals surface area contributed by atoms with E-state index in [0.717, 1.165) is 43.7 Å². The first kappa shape index (κ1) is 12.0. The van der Waals surface area contributed by atoms with Gasteiger partial charge in [-0.15, -0.1) is 0 Å². The molecule has 0 spiro atoms. The zero-order valence-corrected chi connectivity index (χ0v) is 10.3. The van der Waals surface area contributed by atoms with Gasteiger partial charge in [-0.05, 0) is 36.5 Å². The molecule has 17 heavy (non-hydrogen) atoms. The lowest BCUT2D eigenvalue weighted by molar-refractivity contribution is -0.120. The fourth-order valence-electron chi connectivity index (χ4n) is 2.04. The summed E-state index contributed by atoms with van der Waals surface area (Å²) in [6.45, 7) is 3.62. The molecule has 0 bridgehead atoms. The molecule has 0 aromatic heterocycles. The lowest BCUT2D eigenvalue weighted by atomic mass is 10.0. The standard InChI is InChI=1S/C14H19NO2/c1-2-7-15-14(16)10-11-5-6-13-12(9-11)4-3-8-17-13/h5-6,9H,2-4,7-8,10H2,1H3,(H,15,16). The van der Waals surface area contributed by atoms with Crippen molar-refractivity contribution in [1.82, 2.24) is 5.32 Å². The van der Waals surface area contributed by atoms with Crippen LogP contribution in [-0.2, 0) is 17.6 Å². The molecular formula is C14H19NO2. The van der Waals surface area contributed by atoms with Crippen LogP contribution in [0.2, 0.25) is 0 Å². The third-order valence-electron chi connectivity index (χ3n) is 2.91. The number of carbonyl (C=O) groups excluding carboxylic acids is 1. The van der Waals surface area contributed by atoms with Gasteiger partial charge in [-0.3, -0.25) is 4.79 Å². The second kappa shape index (κ2) is 5.71. The van der Waals surface area contributed by atoms with E-state index in [1.807, 2.05) is 12.1 Å². The minimum absolute atomic E-state index is 0.100. The van der Waals surface area contributed by atoms with Gasteiger partial charge in [-0.1, -0.05) is 19.1 Å². The molecule has 1 heterocycles. The topological polar surface area (TPSA) is 38.3 Å². The van der Waals surface area contributed by atoms with Crippen LogP contribution < -0.4 is 10.1 Å². The van der Waals surface area contributed by atoms with Crippen molar-refractivity contribution in [3.8, 4) is 5.75 Å². The Balaban J connectivity index is 1.99. The van der Waals surface area contributed by atoms with Gasteiger partial charge in [0.25, 0.3) is 0 Å². The molecule has 1 aliphatic heterocycles. The molecule has 0 aliphatic carbocycles. The molecule has 1 aliphatic rings. The fraction of sp³-hybridized carbons (Fsp3) is 0.500. The summed E-state index contributed by atoms with van der Waals surface area (Å²) >= 11 is 0. The summed E-state index contributed by atoms with van der Waals surface area (Å²) < 4.78 is 5.55. The molecule has 0 radical (unpaired) electrons. The van der Waals surface area contributed by atoms with Gasteiger partial charge in [0.15, 0.2) is 0 Å². The van der Waals surface area contributed by atoms with Gasteiger partial charge in [-0.25, -0.2) is 0 Å². The predicted molar refractivity (Wildman–Crippen MR) is 67.3 cm³/mol. The third kappa shape index (κ3) is 3.22. The average Bonchev–Trinajstić information content (AvgIpc) is 2.36. The Kier molecular flexibility index (Phi) is 4.02. The summed E-state index contributed by atoms with van der Waals surface area (Å²) in [7, 11) is 0. The minimum atomic E-state index is 0.100. The SMILES string of the molecule is CCCNC(=O)Cc1ccc2c(c1)CCCO2. The quantitative estimate of drug-likeness (QED) is 0.864. The van der Waals surface area contributed by atoms with Gasteiger partial charge in [0.1, 0.15) is 5.75 Å². The number of nitrogens with one attached hydrogen (secondary N) is 1. The Bertz CT molecular complexity index is 401.